The van der Waals surface area contributed by atoms with E-state index in [-0.39, 0.29) is 18.1 Å². The molecule has 1 unspecified atom stereocenters. The summed E-state index contributed by atoms with van der Waals surface area (Å²) in [5, 5.41) is 21.0. The van der Waals surface area contributed by atoms with Crippen LogP contribution in [0.5, 0.6) is 5.75 Å². The van der Waals surface area contributed by atoms with Crippen molar-refractivity contribution in [1.29, 1.82) is 0 Å². The van der Waals surface area contributed by atoms with E-state index in [0.29, 0.717) is 12.1 Å². The summed E-state index contributed by atoms with van der Waals surface area (Å²) >= 11 is 0. The van der Waals surface area contributed by atoms with Crippen molar-refractivity contribution in [3.8, 4) is 5.75 Å². The molecule has 0 saturated carbocycles. The molecule has 0 spiro atoms. The number of aryl methyl sites for hydroxylation is 1. The highest BCUT2D eigenvalue weighted by Crippen LogP contribution is 2.20. The molecule has 4 heteroatoms. The number of phenolic OH excluding ortho intramolecular Hbond substituents is 1. The van der Waals surface area contributed by atoms with Crippen molar-refractivity contribution < 1.29 is 15.0 Å². The lowest BCUT2D eigenvalue weighted by atomic mass is 10.1. The van der Waals surface area contributed by atoms with E-state index in [1.54, 1.807) is 19.1 Å². The zero-order chi connectivity index (χ0) is 12.1. The minimum Gasteiger partial charge on any atom is -0.508 e. The van der Waals surface area contributed by atoms with Crippen molar-refractivity contribution in [2.75, 3.05) is 5.32 Å². The lowest BCUT2D eigenvalue weighted by Crippen LogP contribution is -2.14. The lowest BCUT2D eigenvalue weighted by Gasteiger charge is -2.09. The standard InChI is InChI=1S/C12H17NO3/c1-8-7-10(15)4-5-11(8)13-12(16)6-3-9(2)14/h4-5,7,9,14-15H,3,6H2,1-2H3,(H,13,16). The second-order valence-electron chi connectivity index (χ2n) is 3.94. The zero-order valence-electron chi connectivity index (χ0n) is 9.53. The van der Waals surface area contributed by atoms with Crippen molar-refractivity contribution in [1.82, 2.24) is 0 Å². The second kappa shape index (κ2) is 5.51. The van der Waals surface area contributed by atoms with Gasteiger partial charge in [-0.3, -0.25) is 4.79 Å². The van der Waals surface area contributed by atoms with Crippen LogP contribution in [0.3, 0.4) is 0 Å². The molecule has 1 amide bonds. The SMILES string of the molecule is Cc1cc(O)ccc1NC(=O)CCC(C)O. The maximum absolute atomic E-state index is 11.5. The van der Waals surface area contributed by atoms with Crippen LogP contribution in [0.25, 0.3) is 0 Å². The molecule has 1 aromatic rings. The molecule has 0 aromatic heterocycles. The number of phenols is 1. The summed E-state index contributed by atoms with van der Waals surface area (Å²) in [6.07, 6.45) is 0.271. The van der Waals surface area contributed by atoms with Crippen LogP contribution < -0.4 is 5.32 Å². The molecule has 0 radical (unpaired) electrons. The van der Waals surface area contributed by atoms with Gasteiger partial charge in [-0.15, -0.1) is 0 Å². The number of amides is 1. The number of hydrogen-bond acceptors (Lipinski definition) is 3. The predicted molar refractivity (Wildman–Crippen MR) is 62.4 cm³/mol. The molecule has 3 N–H and O–H groups in total. The number of nitrogens with one attached hydrogen (secondary N) is 1. The average Bonchev–Trinajstić information content (AvgIpc) is 2.19. The fourth-order valence-electron chi connectivity index (χ4n) is 1.34. The zero-order valence-corrected chi connectivity index (χ0v) is 9.53. The summed E-state index contributed by atoms with van der Waals surface area (Å²) < 4.78 is 0. The number of carbonyl (C=O) groups excluding carboxylic acids is 1. The van der Waals surface area contributed by atoms with Gasteiger partial charge in [0, 0.05) is 12.1 Å². The number of benzene rings is 1. The summed E-state index contributed by atoms with van der Waals surface area (Å²) in [6.45, 7) is 3.46. The monoisotopic (exact) mass is 223 g/mol. The summed E-state index contributed by atoms with van der Waals surface area (Å²) in [7, 11) is 0. The molecule has 0 aliphatic carbocycles. The Morgan fingerprint density at radius 3 is 2.75 bits per heavy atom. The predicted octanol–water partition coefficient (Wildman–Crippen LogP) is 1.80. The van der Waals surface area contributed by atoms with E-state index in [1.807, 2.05) is 6.92 Å². The van der Waals surface area contributed by atoms with Gasteiger partial charge in [-0.2, -0.15) is 0 Å². The minimum atomic E-state index is -0.466. The van der Waals surface area contributed by atoms with Crippen molar-refractivity contribution >= 4 is 11.6 Å². The Morgan fingerprint density at radius 1 is 1.50 bits per heavy atom. The Morgan fingerprint density at radius 2 is 2.19 bits per heavy atom. The molecular weight excluding hydrogens is 206 g/mol. The fraction of sp³-hybridized carbons (Fsp3) is 0.417. The Hall–Kier alpha value is -1.55. The molecule has 88 valence electrons. The second-order valence-corrected chi connectivity index (χ2v) is 3.94. The van der Waals surface area contributed by atoms with E-state index < -0.39 is 6.10 Å². The first-order valence-electron chi connectivity index (χ1n) is 5.26. The normalized spacial score (nSPS) is 12.2. The van der Waals surface area contributed by atoms with E-state index in [1.165, 1.54) is 6.07 Å². The molecule has 0 saturated heterocycles. The Labute approximate surface area is 94.9 Å². The molecule has 0 aliphatic heterocycles. The van der Waals surface area contributed by atoms with Gasteiger partial charge < -0.3 is 15.5 Å². The first-order valence-corrected chi connectivity index (χ1v) is 5.26. The van der Waals surface area contributed by atoms with Crippen molar-refractivity contribution in [2.45, 2.75) is 32.8 Å². The van der Waals surface area contributed by atoms with Crippen LogP contribution in [0.2, 0.25) is 0 Å². The number of aliphatic hydroxyl groups excluding tert-OH is 1. The van der Waals surface area contributed by atoms with Crippen LogP contribution in [0, 0.1) is 6.92 Å². The van der Waals surface area contributed by atoms with Gasteiger partial charge in [0.15, 0.2) is 0 Å². The molecule has 0 bridgehead atoms. The molecule has 4 nitrogen and oxygen atoms in total. The quantitative estimate of drug-likeness (QED) is 0.682. The minimum absolute atomic E-state index is 0.130. The maximum Gasteiger partial charge on any atom is 0.224 e. The Kier molecular flexibility index (Phi) is 4.31. The van der Waals surface area contributed by atoms with Crippen molar-refractivity contribution in [2.24, 2.45) is 0 Å². The van der Waals surface area contributed by atoms with Gasteiger partial charge in [0.2, 0.25) is 5.91 Å². The number of aromatic hydroxyl groups is 1. The van der Waals surface area contributed by atoms with Crippen LogP contribution in [-0.2, 0) is 4.79 Å². The molecule has 1 rings (SSSR count). The Balaban J connectivity index is 2.56. The topological polar surface area (TPSA) is 69.6 Å². The third-order valence-electron chi connectivity index (χ3n) is 2.27. The van der Waals surface area contributed by atoms with Crippen LogP contribution in [0.15, 0.2) is 18.2 Å². The van der Waals surface area contributed by atoms with Crippen LogP contribution in [0.1, 0.15) is 25.3 Å². The highest BCUT2D eigenvalue weighted by molar-refractivity contribution is 5.91. The van der Waals surface area contributed by atoms with Gasteiger partial charge in [0.05, 0.1) is 6.10 Å². The van der Waals surface area contributed by atoms with E-state index >= 15 is 0 Å². The largest absolute Gasteiger partial charge is 0.508 e. The highest BCUT2D eigenvalue weighted by Gasteiger charge is 2.06. The molecule has 0 aliphatic rings. The van der Waals surface area contributed by atoms with E-state index in [2.05, 4.69) is 5.32 Å². The molecule has 16 heavy (non-hydrogen) atoms. The van der Waals surface area contributed by atoms with Gasteiger partial charge in [0.1, 0.15) is 5.75 Å². The molecule has 1 aromatic carbocycles. The fourth-order valence-corrected chi connectivity index (χ4v) is 1.34. The van der Waals surface area contributed by atoms with Gasteiger partial charge in [-0.05, 0) is 44.0 Å². The van der Waals surface area contributed by atoms with Gasteiger partial charge in [-0.1, -0.05) is 0 Å². The Bertz CT molecular complexity index is 375. The van der Waals surface area contributed by atoms with Crippen LogP contribution in [0.4, 0.5) is 5.69 Å². The summed E-state index contributed by atoms with van der Waals surface area (Å²) in [5.74, 6) is 0.0502. The third kappa shape index (κ3) is 3.90. The number of anilines is 1. The number of carbonyl (C=O) groups is 1. The first-order chi connectivity index (χ1) is 7.49. The lowest BCUT2D eigenvalue weighted by molar-refractivity contribution is -0.116. The number of aliphatic hydroxyl groups is 1. The molecule has 1 atom stereocenters. The van der Waals surface area contributed by atoms with Crippen LogP contribution >= 0.6 is 0 Å². The van der Waals surface area contributed by atoms with Gasteiger partial charge in [-0.25, -0.2) is 0 Å². The van der Waals surface area contributed by atoms with Crippen molar-refractivity contribution in [3.63, 3.8) is 0 Å². The maximum atomic E-state index is 11.5. The summed E-state index contributed by atoms with van der Waals surface area (Å²) in [4.78, 5) is 11.5. The van der Waals surface area contributed by atoms with Crippen molar-refractivity contribution in [3.05, 3.63) is 23.8 Å². The molecule has 0 heterocycles. The van der Waals surface area contributed by atoms with E-state index in [0.717, 1.165) is 5.56 Å². The summed E-state index contributed by atoms with van der Waals surface area (Å²) in [5.41, 5.74) is 1.50. The average molecular weight is 223 g/mol. The number of rotatable bonds is 4. The molecule has 0 fully saturated rings. The highest BCUT2D eigenvalue weighted by atomic mass is 16.3. The van der Waals surface area contributed by atoms with E-state index in [9.17, 15) is 9.90 Å². The van der Waals surface area contributed by atoms with Crippen LogP contribution in [-0.4, -0.2) is 22.2 Å². The third-order valence-corrected chi connectivity index (χ3v) is 2.27. The van der Waals surface area contributed by atoms with Gasteiger partial charge in [0.25, 0.3) is 0 Å². The smallest absolute Gasteiger partial charge is 0.224 e. The number of hydrogen-bond donors (Lipinski definition) is 3. The van der Waals surface area contributed by atoms with Gasteiger partial charge >= 0.3 is 0 Å². The first kappa shape index (κ1) is 12.5. The van der Waals surface area contributed by atoms with E-state index in [4.69, 9.17) is 5.11 Å². The molecular formula is C12H17NO3. The summed E-state index contributed by atoms with van der Waals surface area (Å²) in [6, 6.07) is 4.77.